The van der Waals surface area contributed by atoms with Crippen LogP contribution >= 0.6 is 0 Å². The van der Waals surface area contributed by atoms with Gasteiger partial charge in [0.2, 0.25) is 0 Å². The molecular formula is C15H26N2O. The van der Waals surface area contributed by atoms with Crippen molar-refractivity contribution in [3.05, 3.63) is 29.3 Å². The Morgan fingerprint density at radius 1 is 1.28 bits per heavy atom. The Morgan fingerprint density at radius 3 is 2.44 bits per heavy atom. The molecule has 1 aromatic rings. The third kappa shape index (κ3) is 3.72. The van der Waals surface area contributed by atoms with Crippen molar-refractivity contribution in [2.24, 2.45) is 11.5 Å². The minimum absolute atomic E-state index is 0.0351. The predicted octanol–water partition coefficient (Wildman–Crippen LogP) is 2.73. The Balaban J connectivity index is 3.12. The molecule has 1 atom stereocenters. The molecule has 0 amide bonds. The first-order chi connectivity index (χ1) is 8.40. The SMILES string of the molecule is CCCOc1ccc(C(N)CN)cc1C(C)(C)C. The molecule has 3 heteroatoms. The van der Waals surface area contributed by atoms with Crippen molar-refractivity contribution < 1.29 is 4.74 Å². The van der Waals surface area contributed by atoms with Crippen LogP contribution in [-0.4, -0.2) is 13.2 Å². The van der Waals surface area contributed by atoms with Crippen LogP contribution in [0.25, 0.3) is 0 Å². The largest absolute Gasteiger partial charge is 0.493 e. The van der Waals surface area contributed by atoms with Crippen molar-refractivity contribution in [1.29, 1.82) is 0 Å². The van der Waals surface area contributed by atoms with Gasteiger partial charge in [-0.3, -0.25) is 0 Å². The lowest BCUT2D eigenvalue weighted by atomic mass is 9.84. The van der Waals surface area contributed by atoms with Crippen LogP contribution in [0.2, 0.25) is 0 Å². The van der Waals surface area contributed by atoms with Crippen LogP contribution in [0.5, 0.6) is 5.75 Å². The molecule has 0 aliphatic rings. The predicted molar refractivity (Wildman–Crippen MR) is 76.9 cm³/mol. The van der Waals surface area contributed by atoms with Crippen LogP contribution in [-0.2, 0) is 5.41 Å². The summed E-state index contributed by atoms with van der Waals surface area (Å²) in [5, 5.41) is 0. The number of benzene rings is 1. The number of hydrogen-bond acceptors (Lipinski definition) is 3. The maximum absolute atomic E-state index is 5.99. The van der Waals surface area contributed by atoms with Gasteiger partial charge in [0.05, 0.1) is 6.61 Å². The van der Waals surface area contributed by atoms with Gasteiger partial charge in [-0.15, -0.1) is 0 Å². The van der Waals surface area contributed by atoms with E-state index in [1.165, 1.54) is 5.56 Å². The van der Waals surface area contributed by atoms with Crippen molar-refractivity contribution in [3.63, 3.8) is 0 Å². The first-order valence-corrected chi connectivity index (χ1v) is 6.63. The molecule has 4 N–H and O–H groups in total. The summed E-state index contributed by atoms with van der Waals surface area (Å²) in [7, 11) is 0. The molecule has 0 aliphatic heterocycles. The lowest BCUT2D eigenvalue weighted by molar-refractivity contribution is 0.308. The summed E-state index contributed by atoms with van der Waals surface area (Å²) in [5.41, 5.74) is 13.9. The Kier molecular flexibility index (Phi) is 5.17. The molecule has 1 rings (SSSR count). The van der Waals surface area contributed by atoms with Gasteiger partial charge in [-0.1, -0.05) is 33.8 Å². The van der Waals surface area contributed by atoms with Gasteiger partial charge in [0.15, 0.2) is 0 Å². The minimum atomic E-state index is -0.105. The Labute approximate surface area is 111 Å². The van der Waals surface area contributed by atoms with Crippen molar-refractivity contribution in [2.75, 3.05) is 13.2 Å². The fourth-order valence-electron chi connectivity index (χ4n) is 1.84. The van der Waals surface area contributed by atoms with Crippen molar-refractivity contribution in [1.82, 2.24) is 0 Å². The van der Waals surface area contributed by atoms with E-state index in [9.17, 15) is 0 Å². The molecule has 1 aromatic carbocycles. The summed E-state index contributed by atoms with van der Waals surface area (Å²) in [6.45, 7) is 9.84. The van der Waals surface area contributed by atoms with Gasteiger partial charge in [-0.2, -0.15) is 0 Å². The molecule has 0 aliphatic carbocycles. The zero-order chi connectivity index (χ0) is 13.8. The molecule has 0 fully saturated rings. The van der Waals surface area contributed by atoms with E-state index in [1.807, 2.05) is 12.1 Å². The first kappa shape index (κ1) is 15.0. The van der Waals surface area contributed by atoms with E-state index < -0.39 is 0 Å². The average Bonchev–Trinajstić information content (AvgIpc) is 2.34. The van der Waals surface area contributed by atoms with E-state index in [4.69, 9.17) is 16.2 Å². The molecule has 1 unspecified atom stereocenters. The van der Waals surface area contributed by atoms with E-state index >= 15 is 0 Å². The molecule has 0 bridgehead atoms. The van der Waals surface area contributed by atoms with Gasteiger partial charge in [-0.05, 0) is 35.1 Å². The van der Waals surface area contributed by atoms with Gasteiger partial charge in [-0.25, -0.2) is 0 Å². The Morgan fingerprint density at radius 2 is 1.94 bits per heavy atom. The van der Waals surface area contributed by atoms with Gasteiger partial charge in [0.25, 0.3) is 0 Å². The van der Waals surface area contributed by atoms with Crippen LogP contribution < -0.4 is 16.2 Å². The lowest BCUT2D eigenvalue weighted by Gasteiger charge is -2.24. The maximum Gasteiger partial charge on any atom is 0.123 e. The van der Waals surface area contributed by atoms with Crippen LogP contribution in [0.15, 0.2) is 18.2 Å². The van der Waals surface area contributed by atoms with Gasteiger partial charge in [0.1, 0.15) is 5.75 Å². The molecule has 0 saturated carbocycles. The molecule has 0 spiro atoms. The Bertz CT molecular complexity index is 383. The summed E-state index contributed by atoms with van der Waals surface area (Å²) in [4.78, 5) is 0. The molecule has 0 heterocycles. The summed E-state index contributed by atoms with van der Waals surface area (Å²) in [6.07, 6.45) is 1.01. The highest BCUT2D eigenvalue weighted by Crippen LogP contribution is 2.33. The van der Waals surface area contributed by atoms with Gasteiger partial charge >= 0.3 is 0 Å². The molecule has 18 heavy (non-hydrogen) atoms. The standard InChI is InChI=1S/C15H26N2O/c1-5-8-18-14-7-6-11(13(17)10-16)9-12(14)15(2,3)4/h6-7,9,13H,5,8,10,16-17H2,1-4H3. The van der Waals surface area contributed by atoms with Gasteiger partial charge < -0.3 is 16.2 Å². The first-order valence-electron chi connectivity index (χ1n) is 6.63. The average molecular weight is 250 g/mol. The normalized spacial score (nSPS) is 13.4. The smallest absolute Gasteiger partial charge is 0.123 e. The van der Waals surface area contributed by atoms with Crippen LogP contribution in [0.3, 0.4) is 0 Å². The summed E-state index contributed by atoms with van der Waals surface area (Å²) < 4.78 is 5.81. The highest BCUT2D eigenvalue weighted by Gasteiger charge is 2.20. The number of nitrogens with two attached hydrogens (primary N) is 2. The van der Waals surface area contributed by atoms with E-state index in [-0.39, 0.29) is 11.5 Å². The zero-order valence-corrected chi connectivity index (χ0v) is 12.0. The van der Waals surface area contributed by atoms with Crippen LogP contribution in [0.1, 0.15) is 51.3 Å². The lowest BCUT2D eigenvalue weighted by Crippen LogP contribution is -2.22. The quantitative estimate of drug-likeness (QED) is 0.844. The fourth-order valence-corrected chi connectivity index (χ4v) is 1.84. The molecular weight excluding hydrogens is 224 g/mol. The second-order valence-electron chi connectivity index (χ2n) is 5.70. The molecule has 0 radical (unpaired) electrons. The van der Waals surface area contributed by atoms with Crippen molar-refractivity contribution in [2.45, 2.75) is 45.6 Å². The third-order valence-corrected chi connectivity index (χ3v) is 2.96. The summed E-state index contributed by atoms with van der Waals surface area (Å²) in [5.74, 6) is 0.956. The summed E-state index contributed by atoms with van der Waals surface area (Å²) >= 11 is 0. The number of rotatable bonds is 5. The second-order valence-corrected chi connectivity index (χ2v) is 5.70. The second kappa shape index (κ2) is 6.21. The Hall–Kier alpha value is -1.06. The van der Waals surface area contributed by atoms with Crippen molar-refractivity contribution >= 4 is 0 Å². The van der Waals surface area contributed by atoms with E-state index in [1.54, 1.807) is 0 Å². The van der Waals surface area contributed by atoms with Crippen LogP contribution in [0.4, 0.5) is 0 Å². The number of hydrogen-bond donors (Lipinski definition) is 2. The van der Waals surface area contributed by atoms with E-state index in [2.05, 4.69) is 33.8 Å². The third-order valence-electron chi connectivity index (χ3n) is 2.96. The van der Waals surface area contributed by atoms with Gasteiger partial charge in [0, 0.05) is 12.6 Å². The van der Waals surface area contributed by atoms with Crippen LogP contribution in [0, 0.1) is 0 Å². The topological polar surface area (TPSA) is 61.3 Å². The van der Waals surface area contributed by atoms with E-state index in [0.717, 1.165) is 24.3 Å². The highest BCUT2D eigenvalue weighted by molar-refractivity contribution is 5.42. The number of ether oxygens (including phenoxy) is 1. The maximum atomic E-state index is 5.99. The monoisotopic (exact) mass is 250 g/mol. The summed E-state index contributed by atoms with van der Waals surface area (Å²) in [6, 6.07) is 6.05. The molecule has 0 aromatic heterocycles. The van der Waals surface area contributed by atoms with E-state index in [0.29, 0.717) is 6.54 Å². The fraction of sp³-hybridized carbons (Fsp3) is 0.600. The molecule has 3 nitrogen and oxygen atoms in total. The highest BCUT2D eigenvalue weighted by atomic mass is 16.5. The molecule has 0 saturated heterocycles. The van der Waals surface area contributed by atoms with Crippen molar-refractivity contribution in [3.8, 4) is 5.75 Å². The molecule has 102 valence electrons. The zero-order valence-electron chi connectivity index (χ0n) is 12.0. The minimum Gasteiger partial charge on any atom is -0.493 e.